The first-order chi connectivity index (χ1) is 14.5. The maximum Gasteiger partial charge on any atom is 0.276 e. The zero-order valence-electron chi connectivity index (χ0n) is 15.6. The number of hydrazine groups is 1. The number of nitrogens with one attached hydrogen (secondary N) is 2. The molecular weight excluding hydrogens is 425 g/mol. The summed E-state index contributed by atoms with van der Waals surface area (Å²) < 4.78 is 5.48. The monoisotopic (exact) mass is 441 g/mol. The predicted molar refractivity (Wildman–Crippen MR) is 116 cm³/mol. The number of nitrogens with zero attached hydrogens (tertiary/aromatic N) is 1. The molecule has 1 aliphatic heterocycles. The Hall–Kier alpha value is -3.22. The number of benzene rings is 3. The van der Waals surface area contributed by atoms with Crippen molar-refractivity contribution in [1.82, 2.24) is 10.4 Å². The number of hydrogen-bond donors (Lipinski definition) is 2. The maximum absolute atomic E-state index is 13.2. The Bertz CT molecular complexity index is 1070. The van der Waals surface area contributed by atoms with E-state index < -0.39 is 12.1 Å². The van der Waals surface area contributed by atoms with Crippen LogP contribution in [0.25, 0.3) is 0 Å². The van der Waals surface area contributed by atoms with Gasteiger partial charge in [-0.2, -0.15) is 0 Å². The Kier molecular flexibility index (Phi) is 5.79. The van der Waals surface area contributed by atoms with E-state index in [1.165, 1.54) is 5.01 Å². The third-order valence-electron chi connectivity index (χ3n) is 4.53. The van der Waals surface area contributed by atoms with Gasteiger partial charge in [-0.1, -0.05) is 53.5 Å². The lowest BCUT2D eigenvalue weighted by Gasteiger charge is -2.37. The van der Waals surface area contributed by atoms with E-state index in [0.29, 0.717) is 27.0 Å². The lowest BCUT2D eigenvalue weighted by molar-refractivity contribution is -0.127. The molecule has 0 bridgehead atoms. The fourth-order valence-corrected chi connectivity index (χ4v) is 3.41. The van der Waals surface area contributed by atoms with Crippen LogP contribution < -0.4 is 15.5 Å². The van der Waals surface area contributed by atoms with E-state index in [1.54, 1.807) is 42.5 Å². The van der Waals surface area contributed by atoms with Gasteiger partial charge < -0.3 is 10.1 Å². The molecule has 6 nitrogen and oxygen atoms in total. The second-order valence-corrected chi connectivity index (χ2v) is 7.47. The first-order valence-corrected chi connectivity index (χ1v) is 9.89. The smallest absolute Gasteiger partial charge is 0.276 e. The van der Waals surface area contributed by atoms with Crippen molar-refractivity contribution in [2.45, 2.75) is 6.17 Å². The average Bonchev–Trinajstić information content (AvgIpc) is 2.76. The first-order valence-electron chi connectivity index (χ1n) is 9.14. The van der Waals surface area contributed by atoms with Crippen molar-refractivity contribution in [3.63, 3.8) is 0 Å². The summed E-state index contributed by atoms with van der Waals surface area (Å²) in [5.41, 5.74) is 4.47. The zero-order chi connectivity index (χ0) is 21.1. The van der Waals surface area contributed by atoms with E-state index in [-0.39, 0.29) is 12.5 Å². The summed E-state index contributed by atoms with van der Waals surface area (Å²) in [5.74, 6) is -0.360. The molecule has 1 aliphatic rings. The number of anilines is 1. The minimum absolute atomic E-state index is 0.269. The molecule has 0 fully saturated rings. The number of halogens is 2. The minimum Gasteiger partial charge on any atom is -0.484 e. The van der Waals surface area contributed by atoms with E-state index in [2.05, 4.69) is 10.7 Å². The molecule has 0 saturated carbocycles. The Balaban J connectivity index is 1.55. The van der Waals surface area contributed by atoms with Crippen LogP contribution in [0.2, 0.25) is 10.0 Å². The molecule has 152 valence electrons. The molecular formula is C22H17Cl2N3O3. The number of fused-ring (bicyclic) bond motifs is 1. The van der Waals surface area contributed by atoms with Crippen molar-refractivity contribution in [3.05, 3.63) is 94.0 Å². The van der Waals surface area contributed by atoms with Crippen LogP contribution in [-0.2, 0) is 4.79 Å². The van der Waals surface area contributed by atoms with Crippen LogP contribution >= 0.6 is 23.2 Å². The summed E-state index contributed by atoms with van der Waals surface area (Å²) in [6.07, 6.45) is -0.591. The molecule has 3 aromatic carbocycles. The third-order valence-corrected chi connectivity index (χ3v) is 5.01. The highest BCUT2D eigenvalue weighted by Crippen LogP contribution is 2.33. The molecule has 0 saturated heterocycles. The lowest BCUT2D eigenvalue weighted by atomic mass is 10.0. The van der Waals surface area contributed by atoms with Crippen molar-refractivity contribution >= 4 is 40.7 Å². The standard InChI is InChI=1S/C22H17Cl2N3O3/c23-15-6-9-17(10-7-15)30-13-20(28)26-27-21(14-4-2-1-3-5-14)25-19-11-8-16(24)12-18(19)22(27)29/h1-12,21,25H,13H2,(H,26,28). The summed E-state index contributed by atoms with van der Waals surface area (Å²) in [5, 5.41) is 5.53. The van der Waals surface area contributed by atoms with Crippen LogP contribution in [0.15, 0.2) is 72.8 Å². The van der Waals surface area contributed by atoms with Gasteiger partial charge in [-0.05, 0) is 48.0 Å². The SMILES string of the molecule is O=C(COc1ccc(Cl)cc1)NN1C(=O)c2cc(Cl)ccc2NC1c1ccccc1. The van der Waals surface area contributed by atoms with Crippen LogP contribution in [0.5, 0.6) is 5.75 Å². The number of ether oxygens (including phenoxy) is 1. The lowest BCUT2D eigenvalue weighted by Crippen LogP contribution is -2.53. The van der Waals surface area contributed by atoms with Crippen LogP contribution in [-0.4, -0.2) is 23.4 Å². The number of carbonyl (C=O) groups excluding carboxylic acids is 2. The van der Waals surface area contributed by atoms with Crippen molar-refractivity contribution < 1.29 is 14.3 Å². The van der Waals surface area contributed by atoms with Gasteiger partial charge in [-0.3, -0.25) is 15.0 Å². The quantitative estimate of drug-likeness (QED) is 0.603. The van der Waals surface area contributed by atoms with Crippen LogP contribution in [0.1, 0.15) is 22.1 Å². The Morgan fingerprint density at radius 2 is 1.70 bits per heavy atom. The summed E-state index contributed by atoms with van der Waals surface area (Å²) in [7, 11) is 0. The van der Waals surface area contributed by atoms with E-state index in [9.17, 15) is 9.59 Å². The van der Waals surface area contributed by atoms with E-state index in [0.717, 1.165) is 5.56 Å². The molecule has 2 amide bonds. The molecule has 30 heavy (non-hydrogen) atoms. The largest absolute Gasteiger partial charge is 0.484 e. The van der Waals surface area contributed by atoms with Crippen molar-refractivity contribution in [2.24, 2.45) is 0 Å². The molecule has 1 atom stereocenters. The van der Waals surface area contributed by atoms with E-state index in [4.69, 9.17) is 27.9 Å². The molecule has 0 aromatic heterocycles. The number of amides is 2. The van der Waals surface area contributed by atoms with Crippen LogP contribution in [0, 0.1) is 0 Å². The Labute approximate surface area is 183 Å². The Morgan fingerprint density at radius 1 is 1.00 bits per heavy atom. The average molecular weight is 442 g/mol. The highest BCUT2D eigenvalue weighted by Gasteiger charge is 2.34. The minimum atomic E-state index is -0.591. The van der Waals surface area contributed by atoms with Crippen LogP contribution in [0.3, 0.4) is 0 Å². The van der Waals surface area contributed by atoms with Crippen molar-refractivity contribution in [2.75, 3.05) is 11.9 Å². The van der Waals surface area contributed by atoms with E-state index >= 15 is 0 Å². The molecule has 2 N–H and O–H groups in total. The molecule has 0 spiro atoms. The van der Waals surface area contributed by atoms with Gasteiger partial charge in [0.2, 0.25) is 0 Å². The predicted octanol–water partition coefficient (Wildman–Crippen LogP) is 4.67. The topological polar surface area (TPSA) is 70.7 Å². The van der Waals surface area contributed by atoms with Gasteiger partial charge in [-0.15, -0.1) is 0 Å². The molecule has 0 aliphatic carbocycles. The van der Waals surface area contributed by atoms with Gasteiger partial charge in [-0.25, -0.2) is 5.01 Å². The fourth-order valence-electron chi connectivity index (χ4n) is 3.11. The molecule has 0 radical (unpaired) electrons. The van der Waals surface area contributed by atoms with E-state index in [1.807, 2.05) is 30.3 Å². The molecule has 4 rings (SSSR count). The van der Waals surface area contributed by atoms with Gasteiger partial charge in [0, 0.05) is 15.7 Å². The number of hydrogen-bond acceptors (Lipinski definition) is 4. The normalized spacial score (nSPS) is 15.2. The molecule has 1 heterocycles. The summed E-state index contributed by atoms with van der Waals surface area (Å²) in [6.45, 7) is -0.269. The zero-order valence-corrected chi connectivity index (χ0v) is 17.2. The van der Waals surface area contributed by atoms with Crippen molar-refractivity contribution in [1.29, 1.82) is 0 Å². The third kappa shape index (κ3) is 4.35. The van der Waals surface area contributed by atoms with Gasteiger partial charge in [0.1, 0.15) is 11.9 Å². The summed E-state index contributed by atoms with van der Waals surface area (Å²) >= 11 is 11.9. The number of rotatable bonds is 5. The molecule has 1 unspecified atom stereocenters. The number of carbonyl (C=O) groups is 2. The summed E-state index contributed by atoms with van der Waals surface area (Å²) in [6, 6.07) is 21.0. The second kappa shape index (κ2) is 8.65. The second-order valence-electron chi connectivity index (χ2n) is 6.60. The maximum atomic E-state index is 13.2. The van der Waals surface area contributed by atoms with Gasteiger partial charge >= 0.3 is 0 Å². The first kappa shape index (κ1) is 20.1. The molecule has 3 aromatic rings. The van der Waals surface area contributed by atoms with Gasteiger partial charge in [0.15, 0.2) is 6.61 Å². The molecule has 8 heteroatoms. The van der Waals surface area contributed by atoms with Gasteiger partial charge in [0.25, 0.3) is 11.8 Å². The fraction of sp³-hybridized carbons (Fsp3) is 0.0909. The van der Waals surface area contributed by atoms with Gasteiger partial charge in [0.05, 0.1) is 5.56 Å². The highest BCUT2D eigenvalue weighted by atomic mass is 35.5. The highest BCUT2D eigenvalue weighted by molar-refractivity contribution is 6.31. The Morgan fingerprint density at radius 3 is 2.43 bits per heavy atom. The summed E-state index contributed by atoms with van der Waals surface area (Å²) in [4.78, 5) is 25.7. The van der Waals surface area contributed by atoms with Crippen molar-refractivity contribution in [3.8, 4) is 5.75 Å². The van der Waals surface area contributed by atoms with Crippen LogP contribution in [0.4, 0.5) is 5.69 Å².